The molecule has 0 spiro atoms. The van der Waals surface area contributed by atoms with Crippen LogP contribution in [0.2, 0.25) is 10.0 Å². The standard InChI is InChI=1S/C20H22Cl2N4O3/c1-3-25-15-9-26(10(2)18(27)23-12-5-6-12)19(28)16(15)17(24-20(25)29)13-7-4-11(21)8-14(13)22/h4,7-8,10,12,17H,3,5-6,9H2,1-2H3,(H,23,27)(H,24,29). The molecule has 4 rings (SSSR count). The lowest BCUT2D eigenvalue weighted by Crippen LogP contribution is -2.47. The Bertz CT molecular complexity index is 928. The topological polar surface area (TPSA) is 81.8 Å². The fraction of sp³-hybridized carbons (Fsp3) is 0.450. The number of nitrogens with zero attached hydrogens (tertiary/aromatic N) is 2. The minimum atomic E-state index is -0.693. The van der Waals surface area contributed by atoms with Crippen LogP contribution in [-0.2, 0) is 9.59 Å². The van der Waals surface area contributed by atoms with Crippen LogP contribution in [0.15, 0.2) is 29.5 Å². The molecular weight excluding hydrogens is 415 g/mol. The van der Waals surface area contributed by atoms with Crippen LogP contribution in [0.3, 0.4) is 0 Å². The summed E-state index contributed by atoms with van der Waals surface area (Å²) in [6, 6.07) is 3.55. The van der Waals surface area contributed by atoms with E-state index in [1.807, 2.05) is 6.92 Å². The van der Waals surface area contributed by atoms with E-state index in [-0.39, 0.29) is 30.4 Å². The molecule has 2 aliphatic heterocycles. The quantitative estimate of drug-likeness (QED) is 0.744. The Morgan fingerprint density at radius 1 is 1.31 bits per heavy atom. The van der Waals surface area contributed by atoms with Crippen molar-refractivity contribution in [2.24, 2.45) is 0 Å². The average Bonchev–Trinajstić information content (AvgIpc) is 3.42. The molecule has 9 heteroatoms. The highest BCUT2D eigenvalue weighted by Gasteiger charge is 2.46. The third kappa shape index (κ3) is 3.57. The molecule has 2 unspecified atom stereocenters. The number of benzene rings is 1. The van der Waals surface area contributed by atoms with E-state index in [4.69, 9.17) is 23.2 Å². The highest BCUT2D eigenvalue weighted by molar-refractivity contribution is 6.35. The largest absolute Gasteiger partial charge is 0.352 e. The average molecular weight is 437 g/mol. The number of carbonyl (C=O) groups excluding carboxylic acids is 3. The first-order valence-electron chi connectivity index (χ1n) is 9.69. The number of hydrogen-bond acceptors (Lipinski definition) is 3. The molecule has 2 N–H and O–H groups in total. The smallest absolute Gasteiger partial charge is 0.322 e. The minimum absolute atomic E-state index is 0.177. The number of rotatable bonds is 5. The molecule has 154 valence electrons. The van der Waals surface area contributed by atoms with Gasteiger partial charge in [-0.1, -0.05) is 29.3 Å². The summed E-state index contributed by atoms with van der Waals surface area (Å²) in [7, 11) is 0. The Hall–Kier alpha value is -2.25. The van der Waals surface area contributed by atoms with E-state index in [0.717, 1.165) is 12.8 Å². The van der Waals surface area contributed by atoms with E-state index in [2.05, 4.69) is 10.6 Å². The Morgan fingerprint density at radius 2 is 2.03 bits per heavy atom. The van der Waals surface area contributed by atoms with Gasteiger partial charge in [0.2, 0.25) is 5.91 Å². The predicted octanol–water partition coefficient (Wildman–Crippen LogP) is 2.84. The summed E-state index contributed by atoms with van der Waals surface area (Å²) < 4.78 is 0. The zero-order valence-corrected chi connectivity index (χ0v) is 17.7. The molecule has 1 aromatic rings. The first-order chi connectivity index (χ1) is 13.8. The van der Waals surface area contributed by atoms with Crippen LogP contribution < -0.4 is 10.6 Å². The molecule has 29 heavy (non-hydrogen) atoms. The second-order valence-electron chi connectivity index (χ2n) is 7.54. The van der Waals surface area contributed by atoms with Gasteiger partial charge in [-0.3, -0.25) is 14.5 Å². The summed E-state index contributed by atoms with van der Waals surface area (Å²) in [5, 5.41) is 6.66. The fourth-order valence-corrected chi connectivity index (χ4v) is 4.34. The molecule has 1 aliphatic carbocycles. The van der Waals surface area contributed by atoms with Gasteiger partial charge in [-0.2, -0.15) is 0 Å². The number of carbonyl (C=O) groups is 3. The SMILES string of the molecule is CCN1C(=O)NC(c2ccc(Cl)cc2Cl)C2=C1CN(C(C)C(=O)NC1CC1)C2=O. The van der Waals surface area contributed by atoms with Crippen LogP contribution in [0, 0.1) is 0 Å². The van der Waals surface area contributed by atoms with Crippen molar-refractivity contribution >= 4 is 41.0 Å². The molecule has 1 aromatic carbocycles. The molecule has 4 amide bonds. The van der Waals surface area contributed by atoms with Crippen LogP contribution in [0.25, 0.3) is 0 Å². The van der Waals surface area contributed by atoms with Crippen molar-refractivity contribution in [3.8, 4) is 0 Å². The lowest BCUT2D eigenvalue weighted by atomic mass is 9.95. The first-order valence-corrected chi connectivity index (χ1v) is 10.4. The van der Waals surface area contributed by atoms with Crippen LogP contribution in [0.1, 0.15) is 38.3 Å². The Balaban J connectivity index is 1.69. The molecule has 0 radical (unpaired) electrons. The van der Waals surface area contributed by atoms with E-state index >= 15 is 0 Å². The van der Waals surface area contributed by atoms with Crippen molar-refractivity contribution < 1.29 is 14.4 Å². The van der Waals surface area contributed by atoms with Gasteiger partial charge in [0.25, 0.3) is 5.91 Å². The van der Waals surface area contributed by atoms with E-state index in [0.29, 0.717) is 33.4 Å². The Morgan fingerprint density at radius 3 is 2.66 bits per heavy atom. The van der Waals surface area contributed by atoms with Crippen LogP contribution in [-0.4, -0.2) is 52.8 Å². The van der Waals surface area contributed by atoms with E-state index in [9.17, 15) is 14.4 Å². The third-order valence-corrected chi connectivity index (χ3v) is 6.17. The van der Waals surface area contributed by atoms with E-state index in [1.165, 1.54) is 4.90 Å². The fourth-order valence-electron chi connectivity index (χ4n) is 3.82. The summed E-state index contributed by atoms with van der Waals surface area (Å²) in [6.07, 6.45) is 1.95. The van der Waals surface area contributed by atoms with Crippen molar-refractivity contribution in [2.75, 3.05) is 13.1 Å². The van der Waals surface area contributed by atoms with E-state index < -0.39 is 12.1 Å². The summed E-state index contributed by atoms with van der Waals surface area (Å²) in [4.78, 5) is 41.7. The predicted molar refractivity (Wildman–Crippen MR) is 109 cm³/mol. The van der Waals surface area contributed by atoms with Gasteiger partial charge in [0.1, 0.15) is 6.04 Å². The minimum Gasteiger partial charge on any atom is -0.352 e. The molecule has 1 saturated carbocycles. The maximum Gasteiger partial charge on any atom is 0.322 e. The molecule has 0 bridgehead atoms. The zero-order chi connectivity index (χ0) is 20.9. The highest BCUT2D eigenvalue weighted by Crippen LogP contribution is 2.39. The lowest BCUT2D eigenvalue weighted by Gasteiger charge is -2.33. The number of halogens is 2. The summed E-state index contributed by atoms with van der Waals surface area (Å²) in [6.45, 7) is 4.17. The van der Waals surface area contributed by atoms with Gasteiger partial charge in [0.05, 0.1) is 23.9 Å². The number of likely N-dealkylation sites (N-methyl/N-ethyl adjacent to an activating group) is 1. The summed E-state index contributed by atoms with van der Waals surface area (Å²) in [5.41, 5.74) is 1.66. The first kappa shape index (κ1) is 20.0. The molecule has 0 saturated heterocycles. The van der Waals surface area contributed by atoms with Crippen molar-refractivity contribution in [1.82, 2.24) is 20.4 Å². The van der Waals surface area contributed by atoms with Crippen LogP contribution >= 0.6 is 23.2 Å². The van der Waals surface area contributed by atoms with Gasteiger partial charge in [-0.05, 0) is 44.4 Å². The molecule has 7 nitrogen and oxygen atoms in total. The maximum absolute atomic E-state index is 13.4. The van der Waals surface area contributed by atoms with Crippen LogP contribution in [0.5, 0.6) is 0 Å². The third-order valence-electron chi connectivity index (χ3n) is 5.61. The number of amides is 4. The Kier molecular flexibility index (Phi) is 5.21. The molecule has 2 atom stereocenters. The number of nitrogens with one attached hydrogen (secondary N) is 2. The van der Waals surface area contributed by atoms with Gasteiger partial charge in [-0.15, -0.1) is 0 Å². The number of hydrogen-bond donors (Lipinski definition) is 2. The molecule has 0 aromatic heterocycles. The molecular formula is C20H22Cl2N4O3. The highest BCUT2D eigenvalue weighted by atomic mass is 35.5. The van der Waals surface area contributed by atoms with Gasteiger partial charge in [0.15, 0.2) is 0 Å². The van der Waals surface area contributed by atoms with Crippen molar-refractivity contribution in [2.45, 2.75) is 44.8 Å². The van der Waals surface area contributed by atoms with Gasteiger partial charge in [0, 0.05) is 22.6 Å². The molecule has 2 heterocycles. The maximum atomic E-state index is 13.4. The second-order valence-corrected chi connectivity index (χ2v) is 8.39. The lowest BCUT2D eigenvalue weighted by molar-refractivity contribution is -0.135. The second kappa shape index (κ2) is 7.54. The zero-order valence-electron chi connectivity index (χ0n) is 16.2. The molecule has 3 aliphatic rings. The molecule has 1 fully saturated rings. The summed E-state index contributed by atoms with van der Waals surface area (Å²) >= 11 is 12.4. The van der Waals surface area contributed by atoms with Gasteiger partial charge < -0.3 is 15.5 Å². The van der Waals surface area contributed by atoms with Gasteiger partial charge in [-0.25, -0.2) is 4.79 Å². The van der Waals surface area contributed by atoms with E-state index in [1.54, 1.807) is 30.0 Å². The Labute approximate surface area is 179 Å². The summed E-state index contributed by atoms with van der Waals surface area (Å²) in [5.74, 6) is -0.447. The normalized spacial score (nSPS) is 22.6. The monoisotopic (exact) mass is 436 g/mol. The van der Waals surface area contributed by atoms with Crippen molar-refractivity contribution in [3.05, 3.63) is 45.1 Å². The van der Waals surface area contributed by atoms with Gasteiger partial charge >= 0.3 is 6.03 Å². The van der Waals surface area contributed by atoms with Crippen LogP contribution in [0.4, 0.5) is 4.79 Å². The van der Waals surface area contributed by atoms with Crippen molar-refractivity contribution in [1.29, 1.82) is 0 Å². The number of urea groups is 1. The van der Waals surface area contributed by atoms with Crippen molar-refractivity contribution in [3.63, 3.8) is 0 Å².